The number of aromatic nitrogens is 4. The van der Waals surface area contributed by atoms with Crippen LogP contribution in [0.2, 0.25) is 0 Å². The van der Waals surface area contributed by atoms with Crippen LogP contribution in [0.15, 0.2) is 30.7 Å². The first-order valence-electron chi connectivity index (χ1n) is 14.1. The van der Waals surface area contributed by atoms with Crippen LogP contribution < -0.4 is 10.6 Å². The number of carbonyl (C=O) groups excluding carboxylic acids is 1. The van der Waals surface area contributed by atoms with Crippen molar-refractivity contribution in [3.8, 4) is 17.3 Å². The molecular formula is C30H35F3N7O3P. The molecule has 1 saturated heterocycles. The number of aromatic amines is 1. The lowest BCUT2D eigenvalue weighted by atomic mass is 9.82. The molecular weight excluding hydrogens is 594 g/mol. The van der Waals surface area contributed by atoms with E-state index in [1.54, 1.807) is 25.7 Å². The van der Waals surface area contributed by atoms with Crippen molar-refractivity contribution in [1.82, 2.24) is 24.3 Å². The maximum absolute atomic E-state index is 14.7. The van der Waals surface area contributed by atoms with Gasteiger partial charge in [-0.1, -0.05) is 19.9 Å². The standard InChI is InChI=1S/C30H35F3N7O3P/c1-28(2,3)43-27(41)39-15-18(12-29(4,5)16-39)37-25-26-35-10-11-40(26)24(30(31,32)33)22(38-25)20-14-36-21-19(20)9-8-17(13-34)23(21)44(6,7)42/h8-11,14,18,36H,12,15-16H2,1-7H3,(H,37,38)/t18-/m0/s1. The van der Waals surface area contributed by atoms with Crippen molar-refractivity contribution < 1.29 is 27.3 Å². The summed E-state index contributed by atoms with van der Waals surface area (Å²) in [5, 5.41) is 13.6. The van der Waals surface area contributed by atoms with E-state index in [9.17, 15) is 27.8 Å². The van der Waals surface area contributed by atoms with E-state index < -0.39 is 30.7 Å². The fraction of sp³-hybridized carbons (Fsp3) is 0.467. The van der Waals surface area contributed by atoms with Crippen LogP contribution in [-0.2, 0) is 15.5 Å². The zero-order valence-corrected chi connectivity index (χ0v) is 26.5. The number of nitrogens with zero attached hydrogens (tertiary/aromatic N) is 5. The van der Waals surface area contributed by atoms with Crippen molar-refractivity contribution in [2.75, 3.05) is 31.7 Å². The molecule has 1 atom stereocenters. The summed E-state index contributed by atoms with van der Waals surface area (Å²) in [4.78, 5) is 26.3. The van der Waals surface area contributed by atoms with Crippen molar-refractivity contribution in [3.63, 3.8) is 0 Å². The highest BCUT2D eigenvalue weighted by Crippen LogP contribution is 2.44. The summed E-state index contributed by atoms with van der Waals surface area (Å²) in [5.41, 5.74) is -1.80. The molecule has 1 aliphatic heterocycles. The number of amides is 1. The van der Waals surface area contributed by atoms with Crippen LogP contribution in [0.4, 0.5) is 23.8 Å². The summed E-state index contributed by atoms with van der Waals surface area (Å²) in [6, 6.07) is 4.67. The number of anilines is 1. The lowest BCUT2D eigenvalue weighted by Crippen LogP contribution is -2.53. The number of nitriles is 1. The second kappa shape index (κ2) is 10.5. The molecule has 4 heterocycles. The number of alkyl halides is 3. The van der Waals surface area contributed by atoms with Gasteiger partial charge < -0.3 is 24.5 Å². The molecule has 14 heteroatoms. The number of rotatable bonds is 4. The van der Waals surface area contributed by atoms with Gasteiger partial charge in [-0.3, -0.25) is 4.40 Å². The fourth-order valence-corrected chi connectivity index (χ4v) is 7.40. The molecule has 1 fully saturated rings. The number of likely N-dealkylation sites (tertiary alicyclic amines) is 1. The fourth-order valence-electron chi connectivity index (χ4n) is 5.97. The third kappa shape index (κ3) is 6.00. The predicted octanol–water partition coefficient (Wildman–Crippen LogP) is 6.46. The molecule has 0 bridgehead atoms. The first kappa shape index (κ1) is 31.4. The third-order valence-electron chi connectivity index (χ3n) is 7.40. The van der Waals surface area contributed by atoms with Crippen LogP contribution in [0.25, 0.3) is 27.8 Å². The average Bonchev–Trinajstić information content (AvgIpc) is 3.52. The minimum Gasteiger partial charge on any atom is -0.444 e. The maximum Gasteiger partial charge on any atom is 0.433 e. The van der Waals surface area contributed by atoms with Gasteiger partial charge in [-0.15, -0.1) is 0 Å². The summed E-state index contributed by atoms with van der Waals surface area (Å²) >= 11 is 0. The number of benzene rings is 1. The molecule has 0 aliphatic carbocycles. The van der Waals surface area contributed by atoms with Crippen LogP contribution in [-0.4, -0.2) is 68.4 Å². The molecule has 0 unspecified atom stereocenters. The highest BCUT2D eigenvalue weighted by Gasteiger charge is 2.41. The number of ether oxygens (including phenoxy) is 1. The molecule has 4 aromatic rings. The number of piperidine rings is 1. The summed E-state index contributed by atoms with van der Waals surface area (Å²) in [6.45, 7) is 13.1. The van der Waals surface area contributed by atoms with Gasteiger partial charge in [0.15, 0.2) is 17.2 Å². The molecule has 1 amide bonds. The monoisotopic (exact) mass is 629 g/mol. The number of hydrogen-bond acceptors (Lipinski definition) is 7. The summed E-state index contributed by atoms with van der Waals surface area (Å²) in [6.07, 6.45) is -0.790. The van der Waals surface area contributed by atoms with E-state index in [0.717, 1.165) is 4.40 Å². The van der Waals surface area contributed by atoms with Crippen LogP contribution in [0.3, 0.4) is 0 Å². The summed E-state index contributed by atoms with van der Waals surface area (Å²) in [5.74, 6) is 0.115. The van der Waals surface area contributed by atoms with E-state index in [4.69, 9.17) is 4.74 Å². The Kier molecular flexibility index (Phi) is 7.52. The molecule has 0 radical (unpaired) electrons. The van der Waals surface area contributed by atoms with E-state index in [-0.39, 0.29) is 51.6 Å². The van der Waals surface area contributed by atoms with Gasteiger partial charge in [0.25, 0.3) is 0 Å². The van der Waals surface area contributed by atoms with Crippen molar-refractivity contribution in [1.29, 1.82) is 5.26 Å². The van der Waals surface area contributed by atoms with Gasteiger partial charge in [0.05, 0.1) is 22.5 Å². The predicted molar refractivity (Wildman–Crippen MR) is 163 cm³/mol. The number of nitrogens with one attached hydrogen (secondary N) is 2. The molecule has 1 aromatic carbocycles. The van der Waals surface area contributed by atoms with E-state index in [0.29, 0.717) is 23.9 Å². The quantitative estimate of drug-likeness (QED) is 0.248. The van der Waals surface area contributed by atoms with Crippen LogP contribution in [0, 0.1) is 16.7 Å². The summed E-state index contributed by atoms with van der Waals surface area (Å²) < 4.78 is 63.9. The van der Waals surface area contributed by atoms with Gasteiger partial charge in [-0.25, -0.2) is 14.8 Å². The molecule has 0 spiro atoms. The van der Waals surface area contributed by atoms with Gasteiger partial charge in [-0.2, -0.15) is 18.4 Å². The Labute approximate surface area is 253 Å². The van der Waals surface area contributed by atoms with Gasteiger partial charge in [0, 0.05) is 48.7 Å². The Morgan fingerprint density at radius 2 is 1.95 bits per heavy atom. The second-order valence-corrected chi connectivity index (χ2v) is 16.5. The number of imidazole rings is 1. The number of carbonyl (C=O) groups is 1. The first-order chi connectivity index (χ1) is 20.3. The van der Waals surface area contributed by atoms with Crippen LogP contribution in [0.1, 0.15) is 52.3 Å². The molecule has 3 aromatic heterocycles. The molecule has 2 N–H and O–H groups in total. The molecule has 1 aliphatic rings. The Balaban J connectivity index is 1.66. The van der Waals surface area contributed by atoms with Gasteiger partial charge >= 0.3 is 12.3 Å². The molecule has 0 saturated carbocycles. The van der Waals surface area contributed by atoms with Gasteiger partial charge in [0.1, 0.15) is 18.4 Å². The largest absolute Gasteiger partial charge is 0.444 e. The van der Waals surface area contributed by atoms with E-state index in [2.05, 4.69) is 20.3 Å². The third-order valence-corrected chi connectivity index (χ3v) is 8.95. The zero-order chi connectivity index (χ0) is 32.4. The van der Waals surface area contributed by atoms with E-state index in [1.807, 2.05) is 19.9 Å². The molecule has 234 valence electrons. The minimum absolute atomic E-state index is 0.0211. The second-order valence-electron chi connectivity index (χ2n) is 13.4. The maximum atomic E-state index is 14.7. The number of H-pyrrole nitrogens is 1. The smallest absolute Gasteiger partial charge is 0.433 e. The minimum atomic E-state index is -4.82. The van der Waals surface area contributed by atoms with E-state index in [1.165, 1.54) is 44.1 Å². The van der Waals surface area contributed by atoms with Crippen LogP contribution >= 0.6 is 7.14 Å². The lowest BCUT2D eigenvalue weighted by molar-refractivity contribution is -0.141. The first-order valence-corrected chi connectivity index (χ1v) is 16.7. The Bertz CT molecular complexity index is 1860. The van der Waals surface area contributed by atoms with E-state index >= 15 is 0 Å². The Morgan fingerprint density at radius 1 is 1.25 bits per heavy atom. The Hall–Kier alpha value is -4.04. The zero-order valence-electron chi connectivity index (χ0n) is 25.6. The highest BCUT2D eigenvalue weighted by molar-refractivity contribution is 7.70. The number of halogens is 3. The number of fused-ring (bicyclic) bond motifs is 2. The van der Waals surface area contributed by atoms with Crippen molar-refractivity contribution in [2.45, 2.75) is 58.9 Å². The number of hydrogen-bond donors (Lipinski definition) is 2. The molecule has 10 nitrogen and oxygen atoms in total. The van der Waals surface area contributed by atoms with Crippen molar-refractivity contribution >= 4 is 40.9 Å². The Morgan fingerprint density at radius 3 is 2.57 bits per heavy atom. The van der Waals surface area contributed by atoms with Crippen molar-refractivity contribution in [2.24, 2.45) is 5.41 Å². The molecule has 5 rings (SSSR count). The summed E-state index contributed by atoms with van der Waals surface area (Å²) in [7, 11) is -3.01. The lowest BCUT2D eigenvalue weighted by Gasteiger charge is -2.43. The van der Waals surface area contributed by atoms with Gasteiger partial charge in [0.2, 0.25) is 0 Å². The van der Waals surface area contributed by atoms with Crippen LogP contribution in [0.5, 0.6) is 0 Å². The SMILES string of the molecule is CC1(C)C[C@H](Nc2nc(-c3c[nH]c4c(P(C)(C)=O)c(C#N)ccc34)c(C(F)(F)F)n3ccnc23)CN(C(=O)OC(C)(C)C)C1. The highest BCUT2D eigenvalue weighted by atomic mass is 31.2. The van der Waals surface area contributed by atoms with Gasteiger partial charge in [-0.05, 0) is 52.0 Å². The average molecular weight is 630 g/mol. The van der Waals surface area contributed by atoms with Crippen molar-refractivity contribution in [3.05, 3.63) is 42.0 Å². The molecule has 44 heavy (non-hydrogen) atoms. The topological polar surface area (TPSA) is 128 Å². The normalized spacial score (nSPS) is 17.6.